The highest BCUT2D eigenvalue weighted by atomic mass is 14.8. The molecule has 0 atom stereocenters. The van der Waals surface area contributed by atoms with Gasteiger partial charge in [-0.15, -0.1) is 6.58 Å². The summed E-state index contributed by atoms with van der Waals surface area (Å²) < 4.78 is 0. The summed E-state index contributed by atoms with van der Waals surface area (Å²) in [5.41, 5.74) is 1.02. The highest BCUT2D eigenvalue weighted by Gasteiger charge is 1.89. The third kappa shape index (κ3) is 1.64. The van der Waals surface area contributed by atoms with E-state index in [4.69, 9.17) is 0 Å². The minimum atomic E-state index is 0.831. The fourth-order valence-corrected chi connectivity index (χ4v) is 0.617. The minimum Gasteiger partial charge on any atom is -0.248 e. The van der Waals surface area contributed by atoms with Gasteiger partial charge >= 0.3 is 0 Å². The predicted molar refractivity (Wildman–Crippen MR) is 34.7 cm³/mol. The van der Waals surface area contributed by atoms with Crippen LogP contribution in [0.2, 0.25) is 0 Å². The van der Waals surface area contributed by atoms with Gasteiger partial charge in [-0.25, -0.2) is 9.97 Å². The first-order chi connectivity index (χ1) is 4.43. The fourth-order valence-electron chi connectivity index (χ4n) is 0.617. The summed E-state index contributed by atoms with van der Waals surface area (Å²) in [6.07, 6.45) is 8.04. The van der Waals surface area contributed by atoms with Gasteiger partial charge in [-0.2, -0.15) is 0 Å². The van der Waals surface area contributed by atoms with Gasteiger partial charge in [0.25, 0.3) is 0 Å². The third-order valence-electron chi connectivity index (χ3n) is 1.01. The van der Waals surface area contributed by atoms with E-state index < -0.39 is 0 Å². The standard InChI is InChI=1S/C7H8N2/c1-2-3-7-6-8-4-5-9-7/h2,4-6H,1,3H2/p+1. The topological polar surface area (TPSA) is 27.0 Å². The summed E-state index contributed by atoms with van der Waals surface area (Å²) >= 11 is 0. The Labute approximate surface area is 54.3 Å². The van der Waals surface area contributed by atoms with E-state index in [0.29, 0.717) is 0 Å². The van der Waals surface area contributed by atoms with E-state index in [9.17, 15) is 0 Å². The molecule has 0 fully saturated rings. The van der Waals surface area contributed by atoms with Crippen LogP contribution in [0.4, 0.5) is 0 Å². The van der Waals surface area contributed by atoms with Crippen LogP contribution < -0.4 is 4.98 Å². The zero-order chi connectivity index (χ0) is 6.53. The van der Waals surface area contributed by atoms with E-state index in [0.717, 1.165) is 12.1 Å². The molecule has 0 aliphatic rings. The molecule has 2 nitrogen and oxygen atoms in total. The highest BCUT2D eigenvalue weighted by Crippen LogP contribution is 1.87. The number of rotatable bonds is 2. The maximum absolute atomic E-state index is 4.07. The van der Waals surface area contributed by atoms with Crippen molar-refractivity contribution in [3.63, 3.8) is 0 Å². The molecule has 0 bridgehead atoms. The van der Waals surface area contributed by atoms with Crippen LogP contribution in [0.25, 0.3) is 0 Å². The van der Waals surface area contributed by atoms with Gasteiger partial charge in [-0.05, 0) is 0 Å². The Bertz CT molecular complexity index is 181. The molecule has 0 unspecified atom stereocenters. The molecule has 0 saturated heterocycles. The number of hydrogen-bond acceptors (Lipinski definition) is 1. The van der Waals surface area contributed by atoms with Gasteiger partial charge in [-0.1, -0.05) is 6.08 Å². The first-order valence-electron chi connectivity index (χ1n) is 2.85. The van der Waals surface area contributed by atoms with Crippen LogP contribution in [0.3, 0.4) is 0 Å². The quantitative estimate of drug-likeness (QED) is 0.527. The molecule has 0 aromatic carbocycles. The Morgan fingerprint density at radius 3 is 3.22 bits per heavy atom. The second-order valence-corrected chi connectivity index (χ2v) is 1.74. The van der Waals surface area contributed by atoms with E-state index in [1.807, 2.05) is 12.3 Å². The van der Waals surface area contributed by atoms with Gasteiger partial charge in [0, 0.05) is 6.42 Å². The Balaban J connectivity index is 2.72. The molecule has 1 heterocycles. The largest absolute Gasteiger partial charge is 0.248 e. The molecule has 1 aromatic rings. The number of aromatic nitrogens is 2. The van der Waals surface area contributed by atoms with Crippen LogP contribution in [-0.2, 0) is 6.42 Å². The maximum Gasteiger partial charge on any atom is 0.189 e. The van der Waals surface area contributed by atoms with Gasteiger partial charge in [-0.3, -0.25) is 0 Å². The number of hydrogen-bond donors (Lipinski definition) is 0. The molecule has 0 aliphatic heterocycles. The Hall–Kier alpha value is -1.18. The lowest BCUT2D eigenvalue weighted by Crippen LogP contribution is -2.02. The zero-order valence-corrected chi connectivity index (χ0v) is 5.17. The fraction of sp³-hybridized carbons (Fsp3) is 0.143. The molecule has 46 valence electrons. The van der Waals surface area contributed by atoms with E-state index >= 15 is 0 Å². The van der Waals surface area contributed by atoms with Crippen molar-refractivity contribution in [3.8, 4) is 0 Å². The summed E-state index contributed by atoms with van der Waals surface area (Å²) in [4.78, 5) is 7.00. The van der Waals surface area contributed by atoms with Gasteiger partial charge in [0.15, 0.2) is 12.4 Å². The minimum absolute atomic E-state index is 0.831. The van der Waals surface area contributed by atoms with E-state index in [1.165, 1.54) is 0 Å². The van der Waals surface area contributed by atoms with E-state index in [-0.39, 0.29) is 0 Å². The molecule has 2 heteroatoms. The second-order valence-electron chi connectivity index (χ2n) is 1.74. The molecule has 9 heavy (non-hydrogen) atoms. The average molecular weight is 121 g/mol. The summed E-state index contributed by atoms with van der Waals surface area (Å²) in [6.45, 7) is 3.60. The monoisotopic (exact) mass is 121 g/mol. The lowest BCUT2D eigenvalue weighted by atomic mass is 10.3. The van der Waals surface area contributed by atoms with Gasteiger partial charge in [0.1, 0.15) is 5.69 Å². The normalized spacial score (nSPS) is 8.89. The Kier molecular flexibility index (Phi) is 1.96. The first kappa shape index (κ1) is 5.95. The molecule has 1 N–H and O–H groups in total. The number of nitrogens with one attached hydrogen (secondary N) is 1. The van der Waals surface area contributed by atoms with Crippen molar-refractivity contribution in [1.82, 2.24) is 4.98 Å². The smallest absolute Gasteiger partial charge is 0.189 e. The van der Waals surface area contributed by atoms with Crippen molar-refractivity contribution < 1.29 is 4.98 Å². The van der Waals surface area contributed by atoms with E-state index in [1.54, 1.807) is 12.4 Å². The lowest BCUT2D eigenvalue weighted by Gasteiger charge is -1.85. The molecule has 0 aliphatic carbocycles. The van der Waals surface area contributed by atoms with Crippen molar-refractivity contribution in [2.24, 2.45) is 0 Å². The number of allylic oxidation sites excluding steroid dienone is 1. The number of H-pyrrole nitrogens is 1. The predicted octanol–water partition coefficient (Wildman–Crippen LogP) is 0.624. The van der Waals surface area contributed by atoms with Crippen LogP contribution in [0.5, 0.6) is 0 Å². The van der Waals surface area contributed by atoms with Crippen molar-refractivity contribution in [3.05, 3.63) is 36.9 Å². The van der Waals surface area contributed by atoms with Crippen LogP contribution in [0.15, 0.2) is 31.2 Å². The molecule has 0 radical (unpaired) electrons. The zero-order valence-electron chi connectivity index (χ0n) is 5.17. The summed E-state index contributed by atoms with van der Waals surface area (Å²) in [5, 5.41) is 0. The Morgan fingerprint density at radius 2 is 2.67 bits per heavy atom. The van der Waals surface area contributed by atoms with Crippen LogP contribution in [0.1, 0.15) is 5.69 Å². The Morgan fingerprint density at radius 1 is 1.78 bits per heavy atom. The summed E-state index contributed by atoms with van der Waals surface area (Å²) in [7, 11) is 0. The van der Waals surface area contributed by atoms with Gasteiger partial charge in [0.2, 0.25) is 0 Å². The lowest BCUT2D eigenvalue weighted by molar-refractivity contribution is -0.379. The maximum atomic E-state index is 4.07. The molecule has 1 aromatic heterocycles. The average Bonchev–Trinajstić information content (AvgIpc) is 1.91. The first-order valence-corrected chi connectivity index (χ1v) is 2.85. The molecular formula is C7H9N2+. The number of aromatic amines is 1. The SMILES string of the molecule is C=CCc1c[nH+]ccn1. The molecule has 0 saturated carbocycles. The van der Waals surface area contributed by atoms with Crippen molar-refractivity contribution in [1.29, 1.82) is 0 Å². The summed E-state index contributed by atoms with van der Waals surface area (Å²) in [5.74, 6) is 0. The van der Waals surface area contributed by atoms with Crippen LogP contribution >= 0.6 is 0 Å². The van der Waals surface area contributed by atoms with Crippen LogP contribution in [-0.4, -0.2) is 4.98 Å². The van der Waals surface area contributed by atoms with Gasteiger partial charge in [0.05, 0.1) is 6.20 Å². The van der Waals surface area contributed by atoms with Crippen molar-refractivity contribution >= 4 is 0 Å². The van der Waals surface area contributed by atoms with Gasteiger partial charge < -0.3 is 0 Å². The van der Waals surface area contributed by atoms with Crippen molar-refractivity contribution in [2.75, 3.05) is 0 Å². The van der Waals surface area contributed by atoms with Crippen LogP contribution in [0, 0.1) is 0 Å². The second kappa shape index (κ2) is 2.97. The molecule has 0 spiro atoms. The molecule has 0 amide bonds. The summed E-state index contributed by atoms with van der Waals surface area (Å²) in [6, 6.07) is 0. The third-order valence-corrected chi connectivity index (χ3v) is 1.01. The van der Waals surface area contributed by atoms with Crippen molar-refractivity contribution in [2.45, 2.75) is 6.42 Å². The number of nitrogens with zero attached hydrogens (tertiary/aromatic N) is 1. The van der Waals surface area contributed by atoms with E-state index in [2.05, 4.69) is 16.5 Å². The molecule has 1 rings (SSSR count). The highest BCUT2D eigenvalue weighted by molar-refractivity contribution is 4.95. The molecular weight excluding hydrogens is 112 g/mol.